The van der Waals surface area contributed by atoms with E-state index in [1.165, 1.54) is 5.56 Å². The van der Waals surface area contributed by atoms with Crippen molar-refractivity contribution in [1.29, 1.82) is 0 Å². The van der Waals surface area contributed by atoms with Crippen LogP contribution < -0.4 is 5.32 Å². The van der Waals surface area contributed by atoms with E-state index in [1.54, 1.807) is 0 Å². The lowest BCUT2D eigenvalue weighted by molar-refractivity contribution is -0.129. The Kier molecular flexibility index (Phi) is 6.77. The van der Waals surface area contributed by atoms with E-state index in [0.717, 1.165) is 44.0 Å². The molecule has 1 N–H and O–H groups in total. The van der Waals surface area contributed by atoms with Gasteiger partial charge in [0, 0.05) is 50.2 Å². The number of carbonyl (C=O) groups excluding carboxylic acids is 2. The minimum absolute atomic E-state index is 0.0470. The van der Waals surface area contributed by atoms with Gasteiger partial charge in [-0.25, -0.2) is 0 Å². The maximum Gasteiger partial charge on any atom is 0.225 e. The van der Waals surface area contributed by atoms with Gasteiger partial charge in [0.2, 0.25) is 11.8 Å². The maximum absolute atomic E-state index is 12.6. The van der Waals surface area contributed by atoms with Crippen LogP contribution in [0.25, 0.3) is 0 Å². The van der Waals surface area contributed by atoms with Gasteiger partial charge in [0.05, 0.1) is 5.92 Å². The van der Waals surface area contributed by atoms with Gasteiger partial charge in [-0.3, -0.25) is 14.5 Å². The number of nitrogens with one attached hydrogen (secondary N) is 1. The Morgan fingerprint density at radius 3 is 2.52 bits per heavy atom. The molecule has 2 amide bonds. The van der Waals surface area contributed by atoms with Gasteiger partial charge in [0.1, 0.15) is 0 Å². The van der Waals surface area contributed by atoms with E-state index in [2.05, 4.69) is 36.2 Å². The van der Waals surface area contributed by atoms with Crippen LogP contribution in [0.1, 0.15) is 38.7 Å². The van der Waals surface area contributed by atoms with Gasteiger partial charge in [-0.15, -0.1) is 0 Å². The first-order valence-electron chi connectivity index (χ1n) is 9.95. The SMILES string of the molecule is CC(C)CN1C[C@@H](C(=O)NC2CCN(Cc3ccc(Cl)cc3)CC2)CC1=O. The summed E-state index contributed by atoms with van der Waals surface area (Å²) >= 11 is 5.94. The Morgan fingerprint density at radius 1 is 1.22 bits per heavy atom. The number of halogens is 1. The average Bonchev–Trinajstić information content (AvgIpc) is 2.99. The predicted octanol–water partition coefficient (Wildman–Crippen LogP) is 2.93. The molecule has 5 nitrogen and oxygen atoms in total. The number of hydrogen-bond acceptors (Lipinski definition) is 3. The lowest BCUT2D eigenvalue weighted by Gasteiger charge is -2.32. The van der Waals surface area contributed by atoms with Gasteiger partial charge in [-0.05, 0) is 36.5 Å². The van der Waals surface area contributed by atoms with E-state index in [-0.39, 0.29) is 23.8 Å². The van der Waals surface area contributed by atoms with Crippen LogP contribution in [-0.4, -0.2) is 53.8 Å². The van der Waals surface area contributed by atoms with E-state index in [9.17, 15) is 9.59 Å². The van der Waals surface area contributed by atoms with E-state index in [4.69, 9.17) is 11.6 Å². The quantitative estimate of drug-likeness (QED) is 0.811. The molecule has 1 aromatic carbocycles. The van der Waals surface area contributed by atoms with Gasteiger partial charge in [0.15, 0.2) is 0 Å². The van der Waals surface area contributed by atoms with Crippen LogP contribution in [0.15, 0.2) is 24.3 Å². The minimum atomic E-state index is -0.191. The molecule has 2 fully saturated rings. The highest BCUT2D eigenvalue weighted by atomic mass is 35.5. The van der Waals surface area contributed by atoms with Crippen molar-refractivity contribution in [2.24, 2.45) is 11.8 Å². The van der Waals surface area contributed by atoms with Crippen molar-refractivity contribution in [2.45, 2.75) is 45.7 Å². The fourth-order valence-electron chi connectivity index (χ4n) is 3.97. The number of carbonyl (C=O) groups is 2. The van der Waals surface area contributed by atoms with Crippen LogP contribution in [0, 0.1) is 11.8 Å². The number of likely N-dealkylation sites (tertiary alicyclic amines) is 2. The molecular weight excluding hydrogens is 362 g/mol. The molecule has 6 heteroatoms. The molecule has 2 saturated heterocycles. The number of benzene rings is 1. The number of rotatable bonds is 6. The molecule has 27 heavy (non-hydrogen) atoms. The molecule has 148 valence electrons. The molecule has 2 aliphatic rings. The van der Waals surface area contributed by atoms with Gasteiger partial charge in [-0.2, -0.15) is 0 Å². The summed E-state index contributed by atoms with van der Waals surface area (Å²) in [7, 11) is 0. The Labute approximate surface area is 167 Å². The van der Waals surface area contributed by atoms with Crippen molar-refractivity contribution in [3.05, 3.63) is 34.9 Å². The van der Waals surface area contributed by atoms with E-state index >= 15 is 0 Å². The number of nitrogens with zero attached hydrogens (tertiary/aromatic N) is 2. The molecular formula is C21H30ClN3O2. The summed E-state index contributed by atoms with van der Waals surface area (Å²) < 4.78 is 0. The molecule has 0 saturated carbocycles. The first-order chi connectivity index (χ1) is 12.9. The smallest absolute Gasteiger partial charge is 0.225 e. The zero-order valence-corrected chi connectivity index (χ0v) is 17.0. The second-order valence-corrected chi connectivity index (χ2v) is 8.72. The molecule has 0 bridgehead atoms. The third kappa shape index (κ3) is 5.69. The zero-order valence-electron chi connectivity index (χ0n) is 16.3. The second kappa shape index (κ2) is 9.07. The van der Waals surface area contributed by atoms with Crippen LogP contribution >= 0.6 is 11.6 Å². The second-order valence-electron chi connectivity index (χ2n) is 8.28. The van der Waals surface area contributed by atoms with Crippen LogP contribution in [0.5, 0.6) is 0 Å². The third-order valence-corrected chi connectivity index (χ3v) is 5.68. The van der Waals surface area contributed by atoms with E-state index in [0.29, 0.717) is 18.9 Å². The van der Waals surface area contributed by atoms with Crippen LogP contribution in [0.4, 0.5) is 0 Å². The maximum atomic E-state index is 12.6. The molecule has 0 radical (unpaired) electrons. The Morgan fingerprint density at radius 2 is 1.89 bits per heavy atom. The summed E-state index contributed by atoms with van der Waals surface area (Å²) in [6.07, 6.45) is 2.26. The molecule has 0 aromatic heterocycles. The number of piperidine rings is 1. The molecule has 2 aliphatic heterocycles. The fraction of sp³-hybridized carbons (Fsp3) is 0.619. The molecule has 2 heterocycles. The first kappa shape index (κ1) is 20.2. The highest BCUT2D eigenvalue weighted by molar-refractivity contribution is 6.30. The Bertz CT molecular complexity index is 654. The van der Waals surface area contributed by atoms with Gasteiger partial charge >= 0.3 is 0 Å². The monoisotopic (exact) mass is 391 g/mol. The van der Waals surface area contributed by atoms with Crippen molar-refractivity contribution < 1.29 is 9.59 Å². The summed E-state index contributed by atoms with van der Waals surface area (Å²) in [6, 6.07) is 8.20. The highest BCUT2D eigenvalue weighted by Crippen LogP contribution is 2.21. The van der Waals surface area contributed by atoms with Gasteiger partial charge < -0.3 is 10.2 Å². The van der Waals surface area contributed by atoms with Crippen molar-refractivity contribution in [1.82, 2.24) is 15.1 Å². The van der Waals surface area contributed by atoms with Crippen molar-refractivity contribution in [2.75, 3.05) is 26.2 Å². The van der Waals surface area contributed by atoms with Crippen LogP contribution in [0.2, 0.25) is 5.02 Å². The Balaban J connectivity index is 1.42. The molecule has 3 rings (SSSR count). The molecule has 0 spiro atoms. The topological polar surface area (TPSA) is 52.7 Å². The minimum Gasteiger partial charge on any atom is -0.353 e. The fourth-order valence-corrected chi connectivity index (χ4v) is 4.09. The number of amides is 2. The van der Waals surface area contributed by atoms with Crippen LogP contribution in [0.3, 0.4) is 0 Å². The first-order valence-corrected chi connectivity index (χ1v) is 10.3. The lowest BCUT2D eigenvalue weighted by atomic mass is 10.0. The standard InChI is InChI=1S/C21H30ClN3O2/c1-15(2)12-25-14-17(11-20(25)26)21(27)23-19-7-9-24(10-8-19)13-16-3-5-18(22)6-4-16/h3-6,15,17,19H,7-14H2,1-2H3,(H,23,27)/t17-/m0/s1. The van der Waals surface area contributed by atoms with E-state index < -0.39 is 0 Å². The van der Waals surface area contributed by atoms with Crippen molar-refractivity contribution in [3.63, 3.8) is 0 Å². The normalized spacial score (nSPS) is 21.9. The highest BCUT2D eigenvalue weighted by Gasteiger charge is 2.35. The van der Waals surface area contributed by atoms with Gasteiger partial charge in [-0.1, -0.05) is 37.6 Å². The van der Waals surface area contributed by atoms with Gasteiger partial charge in [0.25, 0.3) is 0 Å². The third-order valence-electron chi connectivity index (χ3n) is 5.42. The zero-order chi connectivity index (χ0) is 19.4. The molecule has 0 aliphatic carbocycles. The Hall–Kier alpha value is -1.59. The average molecular weight is 392 g/mol. The molecule has 0 unspecified atom stereocenters. The summed E-state index contributed by atoms with van der Waals surface area (Å²) in [5, 5.41) is 3.95. The van der Waals surface area contributed by atoms with E-state index in [1.807, 2.05) is 17.0 Å². The number of hydrogen-bond donors (Lipinski definition) is 1. The summed E-state index contributed by atoms with van der Waals surface area (Å²) in [6.45, 7) is 8.35. The summed E-state index contributed by atoms with van der Waals surface area (Å²) in [4.78, 5) is 28.9. The lowest BCUT2D eigenvalue weighted by Crippen LogP contribution is -2.46. The summed E-state index contributed by atoms with van der Waals surface area (Å²) in [5.74, 6) is 0.400. The van der Waals surface area contributed by atoms with Crippen LogP contribution in [-0.2, 0) is 16.1 Å². The summed E-state index contributed by atoms with van der Waals surface area (Å²) in [5.41, 5.74) is 1.26. The van der Waals surface area contributed by atoms with Crippen molar-refractivity contribution >= 4 is 23.4 Å². The predicted molar refractivity (Wildman–Crippen MR) is 107 cm³/mol. The molecule has 1 atom stereocenters. The largest absolute Gasteiger partial charge is 0.353 e. The molecule has 1 aromatic rings. The van der Waals surface area contributed by atoms with Crippen molar-refractivity contribution in [3.8, 4) is 0 Å².